The van der Waals surface area contributed by atoms with E-state index in [2.05, 4.69) is 22.9 Å². The predicted molar refractivity (Wildman–Crippen MR) is 125 cm³/mol. The third-order valence-corrected chi connectivity index (χ3v) is 6.04. The molecule has 8 nitrogen and oxygen atoms in total. The lowest BCUT2D eigenvalue weighted by Gasteiger charge is -2.26. The highest BCUT2D eigenvalue weighted by Gasteiger charge is 2.34. The molecule has 1 heterocycles. The van der Waals surface area contributed by atoms with E-state index in [-0.39, 0.29) is 18.2 Å². The Labute approximate surface area is 196 Å². The Hall–Kier alpha value is -2.90. The van der Waals surface area contributed by atoms with Crippen molar-refractivity contribution in [2.24, 2.45) is 5.92 Å². The number of cyclic esters (lactones) is 1. The monoisotopic (exact) mass is 459 g/mol. The number of hydrogen-bond donors (Lipinski definition) is 3. The van der Waals surface area contributed by atoms with Gasteiger partial charge in [0.25, 0.3) is 0 Å². The number of benzene rings is 1. The molecule has 0 aromatic heterocycles. The standard InChI is InChI=1S/C25H37N3O5/c1-5-7-9-14-19-15-20(29)27-22(18-12-10-8-11-13-18)24(31)26-17(4)23(30)28-21(16(3)6-2)25(32)33-19/h8,10-13,16-17,19,21-22H,5-7,9,14-15H2,1-4H3,(H,26,31)(H,27,29)(H,28,30)/t16-,17-,19+,21+,22-/m0/s1. The van der Waals surface area contributed by atoms with E-state index in [0.717, 1.165) is 19.3 Å². The van der Waals surface area contributed by atoms with Crippen LogP contribution in [-0.2, 0) is 23.9 Å². The highest BCUT2D eigenvalue weighted by molar-refractivity contribution is 5.94. The third-order valence-electron chi connectivity index (χ3n) is 6.04. The highest BCUT2D eigenvalue weighted by atomic mass is 16.5. The third kappa shape index (κ3) is 7.87. The summed E-state index contributed by atoms with van der Waals surface area (Å²) in [6.07, 6.45) is 3.25. The summed E-state index contributed by atoms with van der Waals surface area (Å²) in [5.41, 5.74) is 0.600. The Morgan fingerprint density at radius 3 is 2.30 bits per heavy atom. The van der Waals surface area contributed by atoms with Gasteiger partial charge in [-0.05, 0) is 31.2 Å². The van der Waals surface area contributed by atoms with Crippen LogP contribution in [0.2, 0.25) is 0 Å². The maximum Gasteiger partial charge on any atom is 0.329 e. The summed E-state index contributed by atoms with van der Waals surface area (Å²) in [4.78, 5) is 51.8. The maximum absolute atomic E-state index is 13.0. The van der Waals surface area contributed by atoms with E-state index in [9.17, 15) is 19.2 Å². The van der Waals surface area contributed by atoms with Gasteiger partial charge in [0.15, 0.2) is 0 Å². The lowest BCUT2D eigenvalue weighted by atomic mass is 9.98. The molecule has 3 amide bonds. The molecule has 1 aromatic rings. The number of esters is 1. The van der Waals surface area contributed by atoms with Gasteiger partial charge in [-0.15, -0.1) is 0 Å². The number of nitrogens with one attached hydrogen (secondary N) is 3. The minimum Gasteiger partial charge on any atom is -0.460 e. The van der Waals surface area contributed by atoms with Crippen LogP contribution in [0.25, 0.3) is 0 Å². The van der Waals surface area contributed by atoms with Gasteiger partial charge in [0, 0.05) is 0 Å². The molecule has 33 heavy (non-hydrogen) atoms. The van der Waals surface area contributed by atoms with Gasteiger partial charge < -0.3 is 20.7 Å². The zero-order valence-corrected chi connectivity index (χ0v) is 20.1. The summed E-state index contributed by atoms with van der Waals surface area (Å²) in [5, 5.41) is 8.17. The molecule has 0 saturated carbocycles. The van der Waals surface area contributed by atoms with Crippen LogP contribution in [0.4, 0.5) is 0 Å². The van der Waals surface area contributed by atoms with Crippen molar-refractivity contribution in [2.75, 3.05) is 0 Å². The van der Waals surface area contributed by atoms with Gasteiger partial charge in [-0.1, -0.05) is 70.4 Å². The minimum absolute atomic E-state index is 0.0528. The number of rotatable bonds is 7. The summed E-state index contributed by atoms with van der Waals surface area (Å²) < 4.78 is 5.75. The summed E-state index contributed by atoms with van der Waals surface area (Å²) in [7, 11) is 0. The molecule has 3 N–H and O–H groups in total. The molecule has 0 unspecified atom stereocenters. The average Bonchev–Trinajstić information content (AvgIpc) is 2.80. The molecular weight excluding hydrogens is 422 g/mol. The minimum atomic E-state index is -0.966. The largest absolute Gasteiger partial charge is 0.460 e. The first-order chi connectivity index (χ1) is 15.8. The number of amides is 3. The van der Waals surface area contributed by atoms with E-state index < -0.39 is 42.0 Å². The van der Waals surface area contributed by atoms with Crippen LogP contribution in [0.3, 0.4) is 0 Å². The van der Waals surface area contributed by atoms with Crippen LogP contribution in [0.1, 0.15) is 77.8 Å². The quantitative estimate of drug-likeness (QED) is 0.429. The number of carbonyl (C=O) groups is 4. The van der Waals surface area contributed by atoms with E-state index in [4.69, 9.17) is 4.74 Å². The zero-order chi connectivity index (χ0) is 24.4. The van der Waals surface area contributed by atoms with Gasteiger partial charge in [0.05, 0.1) is 6.42 Å². The van der Waals surface area contributed by atoms with Crippen LogP contribution in [0.15, 0.2) is 30.3 Å². The highest BCUT2D eigenvalue weighted by Crippen LogP contribution is 2.18. The Morgan fingerprint density at radius 1 is 0.970 bits per heavy atom. The Balaban J connectivity index is 2.37. The topological polar surface area (TPSA) is 114 Å². The van der Waals surface area contributed by atoms with Crippen molar-refractivity contribution in [2.45, 2.75) is 90.4 Å². The first kappa shape index (κ1) is 26.4. The van der Waals surface area contributed by atoms with Crippen molar-refractivity contribution in [1.29, 1.82) is 0 Å². The van der Waals surface area contributed by atoms with Gasteiger partial charge in [0.1, 0.15) is 24.2 Å². The fourth-order valence-corrected chi connectivity index (χ4v) is 3.74. The first-order valence-electron chi connectivity index (χ1n) is 11.9. The second kappa shape index (κ2) is 13.0. The van der Waals surface area contributed by atoms with Crippen molar-refractivity contribution < 1.29 is 23.9 Å². The van der Waals surface area contributed by atoms with Crippen LogP contribution < -0.4 is 16.0 Å². The van der Waals surface area contributed by atoms with E-state index in [1.165, 1.54) is 0 Å². The van der Waals surface area contributed by atoms with E-state index >= 15 is 0 Å². The van der Waals surface area contributed by atoms with Gasteiger partial charge >= 0.3 is 5.97 Å². The Morgan fingerprint density at radius 2 is 1.67 bits per heavy atom. The number of hydrogen-bond acceptors (Lipinski definition) is 5. The zero-order valence-electron chi connectivity index (χ0n) is 20.1. The second-order valence-electron chi connectivity index (χ2n) is 8.77. The predicted octanol–water partition coefficient (Wildman–Crippen LogP) is 2.78. The normalized spacial score (nSPS) is 25.9. The van der Waals surface area contributed by atoms with Crippen molar-refractivity contribution in [3.05, 3.63) is 35.9 Å². The molecule has 1 aromatic carbocycles. The lowest BCUT2D eigenvalue weighted by molar-refractivity contribution is -0.156. The van der Waals surface area contributed by atoms with E-state index in [1.807, 2.05) is 19.9 Å². The summed E-state index contributed by atoms with van der Waals surface area (Å²) in [5.74, 6) is -2.09. The van der Waals surface area contributed by atoms with Crippen molar-refractivity contribution in [3.8, 4) is 0 Å². The van der Waals surface area contributed by atoms with Crippen LogP contribution in [0, 0.1) is 5.92 Å². The molecule has 182 valence electrons. The molecule has 5 atom stereocenters. The molecule has 2 rings (SSSR count). The molecule has 0 aliphatic carbocycles. The summed E-state index contributed by atoms with van der Waals surface area (Å²) >= 11 is 0. The van der Waals surface area contributed by atoms with Gasteiger partial charge in [-0.3, -0.25) is 14.4 Å². The van der Waals surface area contributed by atoms with Crippen molar-refractivity contribution in [1.82, 2.24) is 16.0 Å². The Kier molecular flexibility index (Phi) is 10.4. The van der Waals surface area contributed by atoms with Crippen molar-refractivity contribution >= 4 is 23.7 Å². The number of ether oxygens (including phenoxy) is 1. The average molecular weight is 460 g/mol. The van der Waals surface area contributed by atoms with Crippen LogP contribution >= 0.6 is 0 Å². The molecular formula is C25H37N3O5. The molecule has 1 saturated heterocycles. The van der Waals surface area contributed by atoms with E-state index in [0.29, 0.717) is 18.4 Å². The first-order valence-corrected chi connectivity index (χ1v) is 11.9. The maximum atomic E-state index is 13.0. The smallest absolute Gasteiger partial charge is 0.329 e. The lowest BCUT2D eigenvalue weighted by Crippen LogP contribution is -2.54. The van der Waals surface area contributed by atoms with Gasteiger partial charge in [0.2, 0.25) is 17.7 Å². The second-order valence-corrected chi connectivity index (χ2v) is 8.77. The molecule has 8 heteroatoms. The van der Waals surface area contributed by atoms with Crippen LogP contribution in [-0.4, -0.2) is 41.9 Å². The molecule has 0 bridgehead atoms. The van der Waals surface area contributed by atoms with Gasteiger partial charge in [-0.2, -0.15) is 0 Å². The fourth-order valence-electron chi connectivity index (χ4n) is 3.74. The van der Waals surface area contributed by atoms with Gasteiger partial charge in [-0.25, -0.2) is 4.79 Å². The summed E-state index contributed by atoms with van der Waals surface area (Å²) in [6.45, 7) is 7.40. The molecule has 0 radical (unpaired) electrons. The molecule has 1 fully saturated rings. The van der Waals surface area contributed by atoms with Crippen LogP contribution in [0.5, 0.6) is 0 Å². The molecule has 1 aliphatic heterocycles. The Bertz CT molecular complexity index is 814. The summed E-state index contributed by atoms with van der Waals surface area (Å²) in [6, 6.07) is 6.13. The fraction of sp³-hybridized carbons (Fsp3) is 0.600. The number of carbonyl (C=O) groups excluding carboxylic acids is 4. The molecule has 0 spiro atoms. The SMILES string of the molecule is CCCCC[C@@H]1CC(=O)N[C@@H](c2ccccc2)C(=O)N[C@@H](C)C(=O)N[C@H]([C@@H](C)CC)C(=O)O1. The number of unbranched alkanes of at least 4 members (excludes halogenated alkanes) is 2. The van der Waals surface area contributed by atoms with Crippen molar-refractivity contribution in [3.63, 3.8) is 0 Å². The molecule has 1 aliphatic rings. The van der Waals surface area contributed by atoms with E-state index in [1.54, 1.807) is 31.2 Å².